The Labute approximate surface area is 156 Å². The van der Waals surface area contributed by atoms with Gasteiger partial charge in [-0.1, -0.05) is 45.0 Å². The van der Waals surface area contributed by atoms with Gasteiger partial charge in [0.1, 0.15) is 11.5 Å². The number of hydrogen-bond acceptors (Lipinski definition) is 3. The molecule has 0 saturated heterocycles. The van der Waals surface area contributed by atoms with E-state index in [4.69, 9.17) is 9.47 Å². The lowest BCUT2D eigenvalue weighted by Crippen LogP contribution is -2.23. The third-order valence-corrected chi connectivity index (χ3v) is 4.16. The quantitative estimate of drug-likeness (QED) is 0.711. The van der Waals surface area contributed by atoms with E-state index in [9.17, 15) is 4.79 Å². The monoisotopic (exact) mass is 355 g/mol. The molecule has 0 heterocycles. The van der Waals surface area contributed by atoms with Gasteiger partial charge in [0.05, 0.1) is 13.7 Å². The first-order valence-electron chi connectivity index (χ1n) is 9.01. The summed E-state index contributed by atoms with van der Waals surface area (Å²) in [7, 11) is 1.63. The maximum atomic E-state index is 11.9. The third kappa shape index (κ3) is 6.43. The van der Waals surface area contributed by atoms with Gasteiger partial charge in [0.2, 0.25) is 5.91 Å². The van der Waals surface area contributed by atoms with E-state index >= 15 is 0 Å². The van der Waals surface area contributed by atoms with Crippen LogP contribution in [0.1, 0.15) is 44.7 Å². The van der Waals surface area contributed by atoms with Gasteiger partial charge in [-0.2, -0.15) is 0 Å². The Balaban J connectivity index is 1.67. The lowest BCUT2D eigenvalue weighted by atomic mass is 9.87. The molecule has 0 fully saturated rings. The molecule has 0 radical (unpaired) electrons. The predicted molar refractivity (Wildman–Crippen MR) is 105 cm³/mol. The van der Waals surface area contributed by atoms with E-state index in [0.717, 1.165) is 17.1 Å². The van der Waals surface area contributed by atoms with Crippen molar-refractivity contribution >= 4 is 5.91 Å². The SMILES string of the molecule is COc1cccc(CNC(=O)CCCOc2ccc(C(C)(C)C)cc2)c1. The van der Waals surface area contributed by atoms with Crippen LogP contribution in [0, 0.1) is 0 Å². The molecule has 0 aliphatic carbocycles. The van der Waals surface area contributed by atoms with Crippen molar-refractivity contribution in [1.29, 1.82) is 0 Å². The van der Waals surface area contributed by atoms with Crippen LogP contribution in [0.4, 0.5) is 0 Å². The number of methoxy groups -OCH3 is 1. The zero-order valence-electron chi connectivity index (χ0n) is 16.2. The first-order valence-corrected chi connectivity index (χ1v) is 9.01. The third-order valence-electron chi connectivity index (χ3n) is 4.16. The number of carbonyl (C=O) groups excluding carboxylic acids is 1. The van der Waals surface area contributed by atoms with Gasteiger partial charge in [-0.25, -0.2) is 0 Å². The van der Waals surface area contributed by atoms with Gasteiger partial charge in [0.25, 0.3) is 0 Å². The van der Waals surface area contributed by atoms with Crippen LogP contribution < -0.4 is 14.8 Å². The number of ether oxygens (including phenoxy) is 2. The molecule has 2 rings (SSSR count). The van der Waals surface area contributed by atoms with Crippen LogP contribution in [0.15, 0.2) is 48.5 Å². The summed E-state index contributed by atoms with van der Waals surface area (Å²) in [6.45, 7) is 7.60. The Morgan fingerprint density at radius 1 is 1.04 bits per heavy atom. The summed E-state index contributed by atoms with van der Waals surface area (Å²) in [4.78, 5) is 11.9. The van der Waals surface area contributed by atoms with Crippen LogP contribution in [0.25, 0.3) is 0 Å². The highest BCUT2D eigenvalue weighted by Gasteiger charge is 2.12. The van der Waals surface area contributed by atoms with Crippen LogP contribution in [0.3, 0.4) is 0 Å². The number of benzene rings is 2. The minimum atomic E-state index is 0.0273. The Morgan fingerprint density at radius 3 is 2.42 bits per heavy atom. The molecule has 0 saturated carbocycles. The maximum Gasteiger partial charge on any atom is 0.220 e. The van der Waals surface area contributed by atoms with Crippen molar-refractivity contribution in [2.45, 2.75) is 45.6 Å². The molecule has 1 amide bonds. The molecule has 4 heteroatoms. The van der Waals surface area contributed by atoms with E-state index in [1.54, 1.807) is 7.11 Å². The van der Waals surface area contributed by atoms with Crippen molar-refractivity contribution in [3.8, 4) is 11.5 Å². The van der Waals surface area contributed by atoms with E-state index in [1.807, 2.05) is 36.4 Å². The smallest absolute Gasteiger partial charge is 0.220 e. The van der Waals surface area contributed by atoms with Crippen LogP contribution in [-0.2, 0) is 16.8 Å². The zero-order valence-corrected chi connectivity index (χ0v) is 16.2. The van der Waals surface area contributed by atoms with Gasteiger partial charge in [-0.15, -0.1) is 0 Å². The molecule has 1 N–H and O–H groups in total. The summed E-state index contributed by atoms with van der Waals surface area (Å²) in [6, 6.07) is 15.9. The normalized spacial score (nSPS) is 11.1. The second-order valence-corrected chi connectivity index (χ2v) is 7.35. The van der Waals surface area contributed by atoms with E-state index < -0.39 is 0 Å². The fourth-order valence-electron chi connectivity index (χ4n) is 2.55. The molecule has 0 bridgehead atoms. The molecule has 140 valence electrons. The Kier molecular flexibility index (Phi) is 7.07. The summed E-state index contributed by atoms with van der Waals surface area (Å²) in [5.41, 5.74) is 2.44. The van der Waals surface area contributed by atoms with Crippen LogP contribution >= 0.6 is 0 Å². The van der Waals surface area contributed by atoms with Gasteiger partial charge in [0.15, 0.2) is 0 Å². The lowest BCUT2D eigenvalue weighted by Gasteiger charge is -2.19. The minimum absolute atomic E-state index is 0.0273. The van der Waals surface area contributed by atoms with E-state index in [2.05, 4.69) is 38.2 Å². The highest BCUT2D eigenvalue weighted by Crippen LogP contribution is 2.24. The average Bonchev–Trinajstić information content (AvgIpc) is 2.63. The summed E-state index contributed by atoms with van der Waals surface area (Å²) in [5, 5.41) is 2.92. The summed E-state index contributed by atoms with van der Waals surface area (Å²) < 4.78 is 10.9. The molecule has 2 aromatic rings. The number of nitrogens with one attached hydrogen (secondary N) is 1. The minimum Gasteiger partial charge on any atom is -0.497 e. The van der Waals surface area contributed by atoms with Crippen molar-refractivity contribution < 1.29 is 14.3 Å². The molecule has 0 aliphatic rings. The van der Waals surface area contributed by atoms with Gasteiger partial charge < -0.3 is 14.8 Å². The second-order valence-electron chi connectivity index (χ2n) is 7.35. The fourth-order valence-corrected chi connectivity index (χ4v) is 2.55. The van der Waals surface area contributed by atoms with Crippen molar-refractivity contribution in [3.63, 3.8) is 0 Å². The molecule has 0 spiro atoms. The highest BCUT2D eigenvalue weighted by molar-refractivity contribution is 5.75. The van der Waals surface area contributed by atoms with E-state index in [0.29, 0.717) is 26.0 Å². The van der Waals surface area contributed by atoms with Gasteiger partial charge >= 0.3 is 0 Å². The van der Waals surface area contributed by atoms with E-state index in [-0.39, 0.29) is 11.3 Å². The largest absolute Gasteiger partial charge is 0.497 e. The van der Waals surface area contributed by atoms with Crippen molar-refractivity contribution in [3.05, 3.63) is 59.7 Å². The lowest BCUT2D eigenvalue weighted by molar-refractivity contribution is -0.121. The summed E-state index contributed by atoms with van der Waals surface area (Å²) >= 11 is 0. The van der Waals surface area contributed by atoms with Gasteiger partial charge in [0, 0.05) is 13.0 Å². The van der Waals surface area contributed by atoms with E-state index in [1.165, 1.54) is 5.56 Å². The van der Waals surface area contributed by atoms with Gasteiger partial charge in [-0.05, 0) is 47.2 Å². The number of hydrogen-bond donors (Lipinski definition) is 1. The van der Waals surface area contributed by atoms with Gasteiger partial charge in [-0.3, -0.25) is 4.79 Å². The molecule has 26 heavy (non-hydrogen) atoms. The highest BCUT2D eigenvalue weighted by atomic mass is 16.5. The maximum absolute atomic E-state index is 11.9. The number of amides is 1. The Morgan fingerprint density at radius 2 is 1.77 bits per heavy atom. The zero-order chi connectivity index (χ0) is 19.0. The molecule has 0 unspecified atom stereocenters. The molecule has 2 aromatic carbocycles. The first-order chi connectivity index (χ1) is 12.4. The second kappa shape index (κ2) is 9.27. The molecule has 0 aliphatic heterocycles. The van der Waals surface area contributed by atoms with Crippen molar-refractivity contribution in [1.82, 2.24) is 5.32 Å². The molecular weight excluding hydrogens is 326 g/mol. The average molecular weight is 355 g/mol. The predicted octanol–water partition coefficient (Wildman–Crippen LogP) is 4.47. The summed E-state index contributed by atoms with van der Waals surface area (Å²) in [5.74, 6) is 1.66. The molecule has 0 atom stereocenters. The van der Waals surface area contributed by atoms with Crippen molar-refractivity contribution in [2.75, 3.05) is 13.7 Å². The van der Waals surface area contributed by atoms with Crippen molar-refractivity contribution in [2.24, 2.45) is 0 Å². The fraction of sp³-hybridized carbons (Fsp3) is 0.409. The topological polar surface area (TPSA) is 47.6 Å². The molecule has 0 aromatic heterocycles. The van der Waals surface area contributed by atoms with Crippen LogP contribution in [0.5, 0.6) is 11.5 Å². The number of carbonyl (C=O) groups is 1. The Bertz CT molecular complexity index is 702. The molecule has 4 nitrogen and oxygen atoms in total. The standard InChI is InChI=1S/C22H29NO3/c1-22(2,3)18-10-12-19(13-11-18)26-14-6-9-21(24)23-16-17-7-5-8-20(15-17)25-4/h5,7-8,10-13,15H,6,9,14,16H2,1-4H3,(H,23,24). The Hall–Kier alpha value is -2.49. The summed E-state index contributed by atoms with van der Waals surface area (Å²) in [6.07, 6.45) is 1.13. The molecular formula is C22H29NO3. The number of rotatable bonds is 8. The first kappa shape index (κ1) is 19.8. The van der Waals surface area contributed by atoms with Crippen LogP contribution in [-0.4, -0.2) is 19.6 Å². The van der Waals surface area contributed by atoms with Crippen LogP contribution in [0.2, 0.25) is 0 Å².